The molecule has 0 saturated carbocycles. The minimum Gasteiger partial charge on any atom is -0.496 e. The van der Waals surface area contributed by atoms with Crippen molar-refractivity contribution in [2.24, 2.45) is 0 Å². The summed E-state index contributed by atoms with van der Waals surface area (Å²) in [6.07, 6.45) is 2.03. The predicted molar refractivity (Wildman–Crippen MR) is 140 cm³/mol. The number of barbiturate groups is 1. The summed E-state index contributed by atoms with van der Waals surface area (Å²) in [6.45, 7) is 4.10. The van der Waals surface area contributed by atoms with Crippen molar-refractivity contribution in [2.45, 2.75) is 20.3 Å². The third-order valence-corrected chi connectivity index (χ3v) is 6.53. The molecule has 0 radical (unpaired) electrons. The molecule has 0 aromatic heterocycles. The zero-order valence-electron chi connectivity index (χ0n) is 19.3. The number of carbonyl (C=O) groups is 3. The maximum Gasteiger partial charge on any atom is 0.336 e. The Bertz CT molecular complexity index is 1380. The van der Waals surface area contributed by atoms with Crippen molar-refractivity contribution in [1.82, 2.24) is 5.32 Å². The molecule has 1 saturated heterocycles. The van der Waals surface area contributed by atoms with Gasteiger partial charge in [0.15, 0.2) is 0 Å². The van der Waals surface area contributed by atoms with E-state index in [0.29, 0.717) is 22.6 Å². The highest BCUT2D eigenvalue weighted by Gasteiger charge is 2.38. The monoisotopic (exact) mass is 584 g/mol. The fourth-order valence-corrected chi connectivity index (χ4v) is 4.94. The van der Waals surface area contributed by atoms with Crippen LogP contribution < -0.4 is 15.0 Å². The Hall–Kier alpha value is -3.53. The molecule has 0 spiro atoms. The summed E-state index contributed by atoms with van der Waals surface area (Å²) in [5, 5.41) is 2.11. The lowest BCUT2D eigenvalue weighted by Crippen LogP contribution is -2.54. The maximum atomic E-state index is 14.3. The average molecular weight is 584 g/mol. The van der Waals surface area contributed by atoms with Gasteiger partial charge in [-0.3, -0.25) is 14.9 Å². The van der Waals surface area contributed by atoms with E-state index >= 15 is 0 Å². The lowest BCUT2D eigenvalue weighted by Gasteiger charge is -2.26. The summed E-state index contributed by atoms with van der Waals surface area (Å²) in [6, 6.07) is 14.3. The van der Waals surface area contributed by atoms with E-state index in [-0.39, 0.29) is 11.3 Å². The highest BCUT2D eigenvalue weighted by Crippen LogP contribution is 2.31. The Morgan fingerprint density at radius 2 is 1.71 bits per heavy atom. The number of halogens is 2. The Morgan fingerprint density at radius 1 is 1.03 bits per heavy atom. The van der Waals surface area contributed by atoms with Crippen LogP contribution in [0.3, 0.4) is 0 Å². The fraction of sp³-hybridized carbons (Fsp3) is 0.148. The molecule has 6 nitrogen and oxygen atoms in total. The largest absolute Gasteiger partial charge is 0.496 e. The molecule has 1 aliphatic heterocycles. The first-order valence-corrected chi connectivity index (χ1v) is 11.9. The number of rotatable bonds is 5. The summed E-state index contributed by atoms with van der Waals surface area (Å²) in [7, 11) is 1.56. The number of para-hydroxylation sites is 1. The number of imide groups is 2. The predicted octanol–water partition coefficient (Wildman–Crippen LogP) is 5.31. The van der Waals surface area contributed by atoms with Crippen LogP contribution in [0.15, 0.2) is 60.2 Å². The van der Waals surface area contributed by atoms with Crippen LogP contribution in [0.1, 0.15) is 27.8 Å². The molecule has 0 aliphatic carbocycles. The number of amides is 4. The number of ether oxygens (including phenoxy) is 1. The molecule has 0 bridgehead atoms. The molecule has 3 aromatic rings. The minimum atomic E-state index is -1.00. The van der Waals surface area contributed by atoms with E-state index in [2.05, 4.69) is 60.0 Å². The molecule has 8 heteroatoms. The van der Waals surface area contributed by atoms with Gasteiger partial charge in [-0.1, -0.05) is 41.5 Å². The van der Waals surface area contributed by atoms with Gasteiger partial charge in [-0.25, -0.2) is 14.1 Å². The van der Waals surface area contributed by atoms with E-state index in [4.69, 9.17) is 4.74 Å². The van der Waals surface area contributed by atoms with Crippen LogP contribution in [-0.2, 0) is 16.0 Å². The zero-order valence-corrected chi connectivity index (χ0v) is 21.5. The van der Waals surface area contributed by atoms with Gasteiger partial charge in [-0.15, -0.1) is 0 Å². The normalized spacial score (nSPS) is 14.9. The van der Waals surface area contributed by atoms with Crippen LogP contribution in [0.25, 0.3) is 6.08 Å². The molecule has 1 aliphatic rings. The Morgan fingerprint density at radius 3 is 2.37 bits per heavy atom. The molecule has 4 rings (SSSR count). The standard InChI is InChI=1S/C27H22FIN2O4/c1-15-8-16(2)10-17(9-15)11-19-22(29)13-18(14-24(19)35-3)12-20-25(32)30-27(34)31(26(20)33)23-7-5-4-6-21(23)28/h4-10,12-14H,11H2,1-3H3,(H,30,32,34)/b20-12-. The zero-order chi connectivity index (χ0) is 25.3. The summed E-state index contributed by atoms with van der Waals surface area (Å²) in [5.74, 6) is -1.90. The van der Waals surface area contributed by atoms with Gasteiger partial charge < -0.3 is 4.74 Å². The molecule has 4 amide bonds. The Balaban J connectivity index is 1.72. The third kappa shape index (κ3) is 5.12. The lowest BCUT2D eigenvalue weighted by molar-refractivity contribution is -0.122. The molecule has 1 fully saturated rings. The number of benzene rings is 3. The number of nitrogens with one attached hydrogen (secondary N) is 1. The van der Waals surface area contributed by atoms with Crippen LogP contribution in [0.4, 0.5) is 14.9 Å². The molecule has 0 unspecified atom stereocenters. The van der Waals surface area contributed by atoms with Gasteiger partial charge in [0, 0.05) is 15.6 Å². The molecule has 178 valence electrons. The second-order valence-corrected chi connectivity index (χ2v) is 9.43. The summed E-state index contributed by atoms with van der Waals surface area (Å²) in [4.78, 5) is 38.6. The number of nitrogens with zero attached hydrogens (tertiary/aromatic N) is 1. The molecule has 0 atom stereocenters. The second kappa shape index (κ2) is 9.99. The first-order valence-electron chi connectivity index (χ1n) is 10.8. The van der Waals surface area contributed by atoms with Crippen molar-refractivity contribution in [1.29, 1.82) is 0 Å². The van der Waals surface area contributed by atoms with Gasteiger partial charge >= 0.3 is 6.03 Å². The van der Waals surface area contributed by atoms with Crippen LogP contribution in [0, 0.1) is 23.2 Å². The highest BCUT2D eigenvalue weighted by atomic mass is 127. The maximum absolute atomic E-state index is 14.3. The lowest BCUT2D eigenvalue weighted by atomic mass is 9.98. The number of methoxy groups -OCH3 is 1. The molecular weight excluding hydrogens is 562 g/mol. The van der Waals surface area contributed by atoms with Crippen LogP contribution in [-0.4, -0.2) is 25.0 Å². The van der Waals surface area contributed by atoms with Gasteiger partial charge in [0.1, 0.15) is 17.1 Å². The van der Waals surface area contributed by atoms with Crippen molar-refractivity contribution < 1.29 is 23.5 Å². The molecular formula is C27H22FIN2O4. The Kier molecular flexibility index (Phi) is 7.02. The van der Waals surface area contributed by atoms with Crippen molar-refractivity contribution in [3.8, 4) is 5.75 Å². The molecule has 1 N–H and O–H groups in total. The number of hydrogen-bond acceptors (Lipinski definition) is 4. The number of carbonyl (C=O) groups excluding carboxylic acids is 3. The van der Waals surface area contributed by atoms with E-state index in [1.807, 2.05) is 6.07 Å². The smallest absolute Gasteiger partial charge is 0.336 e. The van der Waals surface area contributed by atoms with Crippen LogP contribution >= 0.6 is 22.6 Å². The second-order valence-electron chi connectivity index (χ2n) is 8.27. The minimum absolute atomic E-state index is 0.232. The van der Waals surface area contributed by atoms with Crippen LogP contribution in [0.5, 0.6) is 5.75 Å². The number of urea groups is 1. The molecule has 35 heavy (non-hydrogen) atoms. The highest BCUT2D eigenvalue weighted by molar-refractivity contribution is 14.1. The van der Waals surface area contributed by atoms with E-state index < -0.39 is 23.7 Å². The summed E-state index contributed by atoms with van der Waals surface area (Å²) < 4.78 is 20.8. The topological polar surface area (TPSA) is 75.7 Å². The first kappa shape index (κ1) is 24.6. The number of anilines is 1. The van der Waals surface area contributed by atoms with Crippen molar-refractivity contribution in [2.75, 3.05) is 12.0 Å². The van der Waals surface area contributed by atoms with E-state index in [9.17, 15) is 18.8 Å². The van der Waals surface area contributed by atoms with Gasteiger partial charge in [0.25, 0.3) is 11.8 Å². The quantitative estimate of drug-likeness (QED) is 0.251. The van der Waals surface area contributed by atoms with Gasteiger partial charge in [-0.2, -0.15) is 0 Å². The van der Waals surface area contributed by atoms with Crippen molar-refractivity contribution >= 4 is 52.2 Å². The number of hydrogen-bond donors (Lipinski definition) is 1. The molecule has 1 heterocycles. The first-order chi connectivity index (χ1) is 16.7. The fourth-order valence-electron chi connectivity index (χ4n) is 4.12. The van der Waals surface area contributed by atoms with Gasteiger partial charge in [0.2, 0.25) is 0 Å². The third-order valence-electron chi connectivity index (χ3n) is 5.57. The van der Waals surface area contributed by atoms with E-state index in [1.54, 1.807) is 13.2 Å². The number of aryl methyl sites for hydroxylation is 2. The summed E-state index contributed by atoms with van der Waals surface area (Å²) >= 11 is 2.20. The average Bonchev–Trinajstić information content (AvgIpc) is 2.78. The van der Waals surface area contributed by atoms with Crippen LogP contribution in [0.2, 0.25) is 0 Å². The SMILES string of the molecule is COc1cc(/C=C2/C(=O)NC(=O)N(c3ccccc3F)C2=O)cc(I)c1Cc1cc(C)cc(C)c1. The van der Waals surface area contributed by atoms with Gasteiger partial charge in [-0.05, 0) is 77.9 Å². The molecule has 3 aromatic carbocycles. The van der Waals surface area contributed by atoms with E-state index in [1.165, 1.54) is 35.4 Å². The Labute approximate surface area is 215 Å². The van der Waals surface area contributed by atoms with Crippen molar-refractivity contribution in [3.63, 3.8) is 0 Å². The van der Waals surface area contributed by atoms with E-state index in [0.717, 1.165) is 20.8 Å². The summed E-state index contributed by atoms with van der Waals surface area (Å²) in [5.41, 5.74) is 4.49. The van der Waals surface area contributed by atoms with Crippen molar-refractivity contribution in [3.05, 3.63) is 97.4 Å². The van der Waals surface area contributed by atoms with Gasteiger partial charge in [0.05, 0.1) is 12.8 Å².